The third-order valence-corrected chi connectivity index (χ3v) is 1.98. The standard InChI is InChI=1S/C10H8F3N3/c11-10(12,13)16-8-3-1-7(2-4-8)9-5-14-6-15-9/h1-6,16H,(H,14,15). The molecule has 0 amide bonds. The van der Waals surface area contributed by atoms with E-state index in [0.717, 1.165) is 11.3 Å². The van der Waals surface area contributed by atoms with Crippen molar-refractivity contribution < 1.29 is 13.2 Å². The van der Waals surface area contributed by atoms with E-state index in [0.29, 0.717) is 0 Å². The van der Waals surface area contributed by atoms with Crippen LogP contribution in [0.2, 0.25) is 0 Å². The van der Waals surface area contributed by atoms with Crippen LogP contribution in [0.3, 0.4) is 0 Å². The highest BCUT2D eigenvalue weighted by Crippen LogP contribution is 2.23. The van der Waals surface area contributed by atoms with Crippen LogP contribution in [0.4, 0.5) is 18.9 Å². The molecule has 0 aliphatic carbocycles. The Morgan fingerprint density at radius 2 is 1.81 bits per heavy atom. The molecule has 1 heterocycles. The highest BCUT2D eigenvalue weighted by molar-refractivity contribution is 5.61. The molecule has 1 aromatic carbocycles. The van der Waals surface area contributed by atoms with Crippen molar-refractivity contribution in [2.24, 2.45) is 0 Å². The Kier molecular flexibility index (Phi) is 2.55. The molecule has 2 aromatic rings. The summed E-state index contributed by atoms with van der Waals surface area (Å²) in [6.45, 7) is 0. The minimum atomic E-state index is -4.41. The number of imidazole rings is 1. The van der Waals surface area contributed by atoms with E-state index in [2.05, 4.69) is 9.97 Å². The van der Waals surface area contributed by atoms with Crippen molar-refractivity contribution in [3.8, 4) is 11.3 Å². The number of aromatic amines is 1. The van der Waals surface area contributed by atoms with E-state index in [4.69, 9.17) is 0 Å². The molecular weight excluding hydrogens is 219 g/mol. The van der Waals surface area contributed by atoms with Crippen molar-refractivity contribution in [1.29, 1.82) is 0 Å². The minimum absolute atomic E-state index is 0.00997. The van der Waals surface area contributed by atoms with Crippen LogP contribution >= 0.6 is 0 Å². The Hall–Kier alpha value is -1.98. The van der Waals surface area contributed by atoms with E-state index in [-0.39, 0.29) is 5.69 Å². The molecule has 0 saturated heterocycles. The lowest BCUT2D eigenvalue weighted by molar-refractivity contribution is -0.0999. The summed E-state index contributed by atoms with van der Waals surface area (Å²) in [6, 6.07) is 5.90. The zero-order chi connectivity index (χ0) is 11.6. The van der Waals surface area contributed by atoms with Gasteiger partial charge in [-0.3, -0.25) is 5.32 Å². The monoisotopic (exact) mass is 227 g/mol. The minimum Gasteiger partial charge on any atom is -0.345 e. The maximum atomic E-state index is 12.0. The molecule has 84 valence electrons. The zero-order valence-corrected chi connectivity index (χ0v) is 8.05. The molecular formula is C10H8F3N3. The van der Waals surface area contributed by atoms with E-state index >= 15 is 0 Å². The summed E-state index contributed by atoms with van der Waals surface area (Å²) in [4.78, 5) is 6.70. The normalized spacial score (nSPS) is 11.4. The number of nitrogens with zero attached hydrogens (tertiary/aromatic N) is 1. The topological polar surface area (TPSA) is 40.7 Å². The van der Waals surface area contributed by atoms with Gasteiger partial charge in [0, 0.05) is 5.69 Å². The summed E-state index contributed by atoms with van der Waals surface area (Å²) >= 11 is 0. The Morgan fingerprint density at radius 1 is 1.12 bits per heavy atom. The maximum Gasteiger partial charge on any atom is 0.482 e. The number of H-pyrrole nitrogens is 1. The lowest BCUT2D eigenvalue weighted by Crippen LogP contribution is -2.20. The van der Waals surface area contributed by atoms with E-state index in [1.165, 1.54) is 23.8 Å². The fraction of sp³-hybridized carbons (Fsp3) is 0.100. The summed E-state index contributed by atoms with van der Waals surface area (Å²) in [5.41, 5.74) is 1.56. The number of hydrogen-bond donors (Lipinski definition) is 2. The Morgan fingerprint density at radius 3 is 2.31 bits per heavy atom. The number of anilines is 1. The van der Waals surface area contributed by atoms with Crippen molar-refractivity contribution in [1.82, 2.24) is 9.97 Å². The van der Waals surface area contributed by atoms with Crippen LogP contribution in [-0.2, 0) is 0 Å². The van der Waals surface area contributed by atoms with Crippen LogP contribution in [0.15, 0.2) is 36.8 Å². The molecule has 0 aliphatic heterocycles. The molecule has 3 nitrogen and oxygen atoms in total. The van der Waals surface area contributed by atoms with Crippen LogP contribution in [0.5, 0.6) is 0 Å². The predicted octanol–water partition coefficient (Wildman–Crippen LogP) is 3.01. The van der Waals surface area contributed by atoms with Gasteiger partial charge in [-0.05, 0) is 17.7 Å². The van der Waals surface area contributed by atoms with Crippen LogP contribution in [0.1, 0.15) is 0 Å². The van der Waals surface area contributed by atoms with E-state index in [1.54, 1.807) is 18.3 Å². The first-order chi connectivity index (χ1) is 7.54. The maximum absolute atomic E-state index is 12.0. The number of hydrogen-bond acceptors (Lipinski definition) is 2. The van der Waals surface area contributed by atoms with E-state index in [1.807, 2.05) is 0 Å². The second kappa shape index (κ2) is 3.88. The lowest BCUT2D eigenvalue weighted by Gasteiger charge is -2.09. The number of alkyl halides is 3. The van der Waals surface area contributed by atoms with Crippen LogP contribution in [-0.4, -0.2) is 16.3 Å². The van der Waals surface area contributed by atoms with Gasteiger partial charge >= 0.3 is 6.30 Å². The van der Waals surface area contributed by atoms with Gasteiger partial charge in [0.25, 0.3) is 0 Å². The van der Waals surface area contributed by atoms with Gasteiger partial charge < -0.3 is 4.98 Å². The summed E-state index contributed by atoms with van der Waals surface area (Å²) in [5.74, 6) is 0. The predicted molar refractivity (Wildman–Crippen MR) is 53.7 cm³/mol. The Bertz CT molecular complexity index is 445. The molecule has 0 fully saturated rings. The van der Waals surface area contributed by atoms with Gasteiger partial charge in [-0.15, -0.1) is 0 Å². The number of aromatic nitrogens is 2. The smallest absolute Gasteiger partial charge is 0.345 e. The SMILES string of the molecule is FC(F)(F)Nc1ccc(-c2cnc[nH]2)cc1. The molecule has 0 aliphatic rings. The van der Waals surface area contributed by atoms with Crippen molar-refractivity contribution in [3.63, 3.8) is 0 Å². The van der Waals surface area contributed by atoms with Crippen molar-refractivity contribution in [3.05, 3.63) is 36.8 Å². The average molecular weight is 227 g/mol. The van der Waals surface area contributed by atoms with Gasteiger partial charge in [0.05, 0.1) is 18.2 Å². The van der Waals surface area contributed by atoms with Crippen LogP contribution < -0.4 is 5.32 Å². The Labute approximate surface area is 89.3 Å². The van der Waals surface area contributed by atoms with Gasteiger partial charge in [0.15, 0.2) is 0 Å². The fourth-order valence-corrected chi connectivity index (χ4v) is 1.31. The van der Waals surface area contributed by atoms with Gasteiger partial charge in [0.1, 0.15) is 0 Å². The van der Waals surface area contributed by atoms with Gasteiger partial charge in [-0.2, -0.15) is 13.2 Å². The highest BCUT2D eigenvalue weighted by Gasteiger charge is 2.26. The summed E-state index contributed by atoms with van der Waals surface area (Å²) in [7, 11) is 0. The Balaban J connectivity index is 2.17. The van der Waals surface area contributed by atoms with Gasteiger partial charge in [-0.1, -0.05) is 12.1 Å². The summed E-state index contributed by atoms with van der Waals surface area (Å²) in [5, 5.41) is 1.43. The first-order valence-electron chi connectivity index (χ1n) is 4.48. The van der Waals surface area contributed by atoms with E-state index < -0.39 is 6.30 Å². The van der Waals surface area contributed by atoms with Gasteiger partial charge in [-0.25, -0.2) is 4.98 Å². The first-order valence-corrected chi connectivity index (χ1v) is 4.48. The third-order valence-electron chi connectivity index (χ3n) is 1.98. The molecule has 1 aromatic heterocycles. The quantitative estimate of drug-likeness (QED) is 0.774. The molecule has 0 radical (unpaired) electrons. The summed E-state index contributed by atoms with van der Waals surface area (Å²) in [6.07, 6.45) is -1.29. The van der Waals surface area contributed by atoms with Crippen LogP contribution in [0.25, 0.3) is 11.3 Å². The second-order valence-corrected chi connectivity index (χ2v) is 3.17. The number of benzene rings is 1. The number of rotatable bonds is 2. The second-order valence-electron chi connectivity index (χ2n) is 3.17. The molecule has 16 heavy (non-hydrogen) atoms. The molecule has 2 N–H and O–H groups in total. The molecule has 0 unspecified atom stereocenters. The van der Waals surface area contributed by atoms with Crippen molar-refractivity contribution in [2.45, 2.75) is 6.30 Å². The van der Waals surface area contributed by atoms with Crippen LogP contribution in [0, 0.1) is 0 Å². The third kappa shape index (κ3) is 2.53. The first kappa shape index (κ1) is 10.5. The molecule has 0 saturated carbocycles. The van der Waals surface area contributed by atoms with E-state index in [9.17, 15) is 13.2 Å². The fourth-order valence-electron chi connectivity index (χ4n) is 1.31. The zero-order valence-electron chi connectivity index (χ0n) is 8.05. The van der Waals surface area contributed by atoms with Crippen molar-refractivity contribution >= 4 is 5.69 Å². The molecule has 0 spiro atoms. The number of nitrogens with one attached hydrogen (secondary N) is 2. The largest absolute Gasteiger partial charge is 0.482 e. The lowest BCUT2D eigenvalue weighted by atomic mass is 10.1. The molecule has 6 heteroatoms. The average Bonchev–Trinajstić information content (AvgIpc) is 2.69. The molecule has 2 rings (SSSR count). The summed E-state index contributed by atoms with van der Waals surface area (Å²) < 4.78 is 36.0. The van der Waals surface area contributed by atoms with Crippen molar-refractivity contribution in [2.75, 3.05) is 5.32 Å². The molecule has 0 bridgehead atoms. The van der Waals surface area contributed by atoms with Gasteiger partial charge in [0.2, 0.25) is 0 Å². The highest BCUT2D eigenvalue weighted by atomic mass is 19.4. The molecule has 0 atom stereocenters. The number of halogens is 3.